The van der Waals surface area contributed by atoms with Crippen LogP contribution in [0.3, 0.4) is 0 Å². The number of aliphatic carboxylic acids is 1. The highest BCUT2D eigenvalue weighted by atomic mass is 16.4. The summed E-state index contributed by atoms with van der Waals surface area (Å²) in [5, 5.41) is 9.19. The first-order valence-electron chi connectivity index (χ1n) is 7.73. The minimum absolute atomic E-state index is 0.00704. The van der Waals surface area contributed by atoms with E-state index in [2.05, 4.69) is 0 Å². The molecule has 2 fully saturated rings. The van der Waals surface area contributed by atoms with E-state index in [9.17, 15) is 19.5 Å². The van der Waals surface area contributed by atoms with Crippen molar-refractivity contribution in [1.29, 1.82) is 0 Å². The van der Waals surface area contributed by atoms with Gasteiger partial charge in [-0.15, -0.1) is 0 Å². The molecule has 2 aliphatic rings. The van der Waals surface area contributed by atoms with Gasteiger partial charge in [0.1, 0.15) is 0 Å². The van der Waals surface area contributed by atoms with Crippen molar-refractivity contribution in [2.45, 2.75) is 52.1 Å². The molecule has 118 valence electrons. The topological polar surface area (TPSA) is 77.9 Å². The Kier molecular flexibility index (Phi) is 4.66. The molecular weight excluding hydrogens is 272 g/mol. The fourth-order valence-corrected chi connectivity index (χ4v) is 3.54. The number of carboxylic acids is 1. The SMILES string of the molecule is CCC(CC)N1C(=O)CC(N2C[C@@H](C)[C@H](C(=O)O)C2)C1=O. The predicted octanol–water partition coefficient (Wildman–Crippen LogP) is 0.955. The van der Waals surface area contributed by atoms with Crippen molar-refractivity contribution < 1.29 is 19.5 Å². The molecule has 2 aliphatic heterocycles. The first-order valence-corrected chi connectivity index (χ1v) is 7.73. The van der Waals surface area contributed by atoms with Gasteiger partial charge in [-0.25, -0.2) is 0 Å². The number of rotatable bonds is 5. The van der Waals surface area contributed by atoms with Gasteiger partial charge in [0.25, 0.3) is 0 Å². The summed E-state index contributed by atoms with van der Waals surface area (Å²) in [6, 6.07) is -0.504. The molecule has 0 aromatic rings. The predicted molar refractivity (Wildman–Crippen MR) is 76.5 cm³/mol. The average Bonchev–Trinajstić information content (AvgIpc) is 2.94. The highest BCUT2D eigenvalue weighted by Crippen LogP contribution is 2.30. The first-order chi connectivity index (χ1) is 9.90. The second-order valence-corrected chi connectivity index (χ2v) is 6.17. The van der Waals surface area contributed by atoms with Gasteiger partial charge in [-0.3, -0.25) is 24.2 Å². The summed E-state index contributed by atoms with van der Waals surface area (Å²) in [5.41, 5.74) is 0. The quantitative estimate of drug-likeness (QED) is 0.764. The van der Waals surface area contributed by atoms with Crippen molar-refractivity contribution in [3.05, 3.63) is 0 Å². The van der Waals surface area contributed by atoms with Crippen LogP contribution in [0.2, 0.25) is 0 Å². The fourth-order valence-electron chi connectivity index (χ4n) is 3.54. The Morgan fingerprint density at radius 3 is 2.38 bits per heavy atom. The van der Waals surface area contributed by atoms with Crippen molar-refractivity contribution in [2.24, 2.45) is 11.8 Å². The number of carbonyl (C=O) groups is 3. The van der Waals surface area contributed by atoms with Gasteiger partial charge in [-0.2, -0.15) is 0 Å². The van der Waals surface area contributed by atoms with Crippen molar-refractivity contribution in [3.63, 3.8) is 0 Å². The molecule has 0 bridgehead atoms. The Bertz CT molecular complexity index is 447. The van der Waals surface area contributed by atoms with E-state index < -0.39 is 17.9 Å². The molecule has 0 aromatic heterocycles. The van der Waals surface area contributed by atoms with Crippen LogP contribution in [-0.4, -0.2) is 57.9 Å². The molecule has 2 heterocycles. The Balaban J connectivity index is 2.11. The zero-order chi connectivity index (χ0) is 15.7. The van der Waals surface area contributed by atoms with Gasteiger partial charge < -0.3 is 5.11 Å². The lowest BCUT2D eigenvalue weighted by atomic mass is 9.99. The first kappa shape index (κ1) is 15.9. The molecule has 0 aromatic carbocycles. The molecule has 3 atom stereocenters. The third kappa shape index (κ3) is 2.81. The van der Waals surface area contributed by atoms with E-state index in [1.54, 1.807) is 0 Å². The molecule has 0 spiro atoms. The van der Waals surface area contributed by atoms with Gasteiger partial charge in [-0.05, 0) is 18.8 Å². The van der Waals surface area contributed by atoms with E-state index in [1.165, 1.54) is 4.90 Å². The van der Waals surface area contributed by atoms with Crippen LogP contribution in [0, 0.1) is 11.8 Å². The molecule has 6 heteroatoms. The Morgan fingerprint density at radius 1 is 1.29 bits per heavy atom. The van der Waals surface area contributed by atoms with Crippen LogP contribution in [-0.2, 0) is 14.4 Å². The molecule has 2 amide bonds. The monoisotopic (exact) mass is 296 g/mol. The molecule has 2 saturated heterocycles. The summed E-state index contributed by atoms with van der Waals surface area (Å²) in [7, 11) is 0. The lowest BCUT2D eigenvalue weighted by Crippen LogP contribution is -2.44. The summed E-state index contributed by atoms with van der Waals surface area (Å²) in [6.07, 6.45) is 1.71. The van der Waals surface area contributed by atoms with Gasteiger partial charge in [0, 0.05) is 19.1 Å². The number of carboxylic acid groups (broad SMARTS) is 1. The van der Waals surface area contributed by atoms with Crippen molar-refractivity contribution in [3.8, 4) is 0 Å². The normalized spacial score (nSPS) is 30.7. The van der Waals surface area contributed by atoms with Gasteiger partial charge >= 0.3 is 5.97 Å². The van der Waals surface area contributed by atoms with E-state index in [4.69, 9.17) is 0 Å². The maximum Gasteiger partial charge on any atom is 0.308 e. The van der Waals surface area contributed by atoms with Crippen LogP contribution in [0.15, 0.2) is 0 Å². The Hall–Kier alpha value is -1.43. The number of hydrogen-bond acceptors (Lipinski definition) is 4. The highest BCUT2D eigenvalue weighted by Gasteiger charge is 2.48. The zero-order valence-electron chi connectivity index (χ0n) is 12.9. The van der Waals surface area contributed by atoms with E-state index in [0.717, 1.165) is 12.8 Å². The summed E-state index contributed by atoms with van der Waals surface area (Å²) in [6.45, 7) is 6.76. The number of carbonyl (C=O) groups excluding carboxylic acids is 2. The summed E-state index contributed by atoms with van der Waals surface area (Å²) in [4.78, 5) is 39.2. The molecule has 2 rings (SSSR count). The van der Waals surface area contributed by atoms with Crippen LogP contribution in [0.1, 0.15) is 40.0 Å². The van der Waals surface area contributed by atoms with E-state index >= 15 is 0 Å². The lowest BCUT2D eigenvalue weighted by Gasteiger charge is -2.26. The summed E-state index contributed by atoms with van der Waals surface area (Å²) < 4.78 is 0. The van der Waals surface area contributed by atoms with Gasteiger partial charge in [0.05, 0.1) is 18.4 Å². The molecule has 0 radical (unpaired) electrons. The van der Waals surface area contributed by atoms with Crippen LogP contribution < -0.4 is 0 Å². The lowest BCUT2D eigenvalue weighted by molar-refractivity contribution is -0.144. The molecule has 1 unspecified atom stereocenters. The molecule has 0 aliphatic carbocycles. The molecule has 21 heavy (non-hydrogen) atoms. The fraction of sp³-hybridized carbons (Fsp3) is 0.800. The van der Waals surface area contributed by atoms with Crippen molar-refractivity contribution >= 4 is 17.8 Å². The zero-order valence-corrected chi connectivity index (χ0v) is 12.9. The summed E-state index contributed by atoms with van der Waals surface area (Å²) >= 11 is 0. The van der Waals surface area contributed by atoms with Crippen LogP contribution >= 0.6 is 0 Å². The van der Waals surface area contributed by atoms with Gasteiger partial charge in [-0.1, -0.05) is 20.8 Å². The van der Waals surface area contributed by atoms with Crippen molar-refractivity contribution in [1.82, 2.24) is 9.80 Å². The van der Waals surface area contributed by atoms with E-state index in [0.29, 0.717) is 13.1 Å². The van der Waals surface area contributed by atoms with Crippen LogP contribution in [0.5, 0.6) is 0 Å². The highest BCUT2D eigenvalue weighted by molar-refractivity contribution is 6.05. The standard InChI is InChI=1S/C15H24N2O4/c1-4-10(5-2)17-13(18)6-12(14(17)19)16-7-9(3)11(8-16)15(20)21/h9-12H,4-8H2,1-3H3,(H,20,21)/t9-,11-,12?/m1/s1. The summed E-state index contributed by atoms with van der Waals surface area (Å²) in [5.74, 6) is -1.53. The third-order valence-corrected chi connectivity index (χ3v) is 4.87. The average molecular weight is 296 g/mol. The Labute approximate surface area is 125 Å². The maximum atomic E-state index is 12.6. The molecule has 0 saturated carbocycles. The molecular formula is C15H24N2O4. The van der Waals surface area contributed by atoms with E-state index in [1.807, 2.05) is 25.7 Å². The number of imide groups is 1. The van der Waals surface area contributed by atoms with Gasteiger partial charge in [0.2, 0.25) is 11.8 Å². The van der Waals surface area contributed by atoms with Crippen LogP contribution in [0.25, 0.3) is 0 Å². The maximum absolute atomic E-state index is 12.6. The minimum Gasteiger partial charge on any atom is -0.481 e. The van der Waals surface area contributed by atoms with Gasteiger partial charge in [0.15, 0.2) is 0 Å². The van der Waals surface area contributed by atoms with Crippen molar-refractivity contribution in [2.75, 3.05) is 13.1 Å². The van der Waals surface area contributed by atoms with E-state index in [-0.39, 0.29) is 30.2 Å². The number of hydrogen-bond donors (Lipinski definition) is 1. The second kappa shape index (κ2) is 6.13. The molecule has 1 N–H and O–H groups in total. The number of amides is 2. The molecule has 6 nitrogen and oxygen atoms in total. The van der Waals surface area contributed by atoms with Crippen LogP contribution in [0.4, 0.5) is 0 Å². The largest absolute Gasteiger partial charge is 0.481 e. The Morgan fingerprint density at radius 2 is 1.90 bits per heavy atom. The third-order valence-electron chi connectivity index (χ3n) is 4.87. The number of likely N-dealkylation sites (tertiary alicyclic amines) is 2. The smallest absolute Gasteiger partial charge is 0.308 e. The second-order valence-electron chi connectivity index (χ2n) is 6.17. The number of nitrogens with zero attached hydrogens (tertiary/aromatic N) is 2. The minimum atomic E-state index is -0.821.